The van der Waals surface area contributed by atoms with E-state index in [2.05, 4.69) is 13.8 Å². The summed E-state index contributed by atoms with van der Waals surface area (Å²) >= 11 is 0. The van der Waals surface area contributed by atoms with Crippen molar-refractivity contribution in [1.82, 2.24) is 0 Å². The van der Waals surface area contributed by atoms with Crippen molar-refractivity contribution in [2.75, 3.05) is 0 Å². The standard InChI is InChI=1S/C22H36O3/c1-3-5-6-7-8-9-10-11-12-14-17-20(4-2)24-22(23)25-21-18-15-13-16-19-21/h13,15-16,18-20H,3-12,14,17H2,1-2H3. The van der Waals surface area contributed by atoms with Crippen LogP contribution in [0.4, 0.5) is 4.79 Å². The van der Waals surface area contributed by atoms with Crippen molar-refractivity contribution in [3.8, 4) is 5.75 Å². The highest BCUT2D eigenvalue weighted by molar-refractivity contribution is 5.63. The van der Waals surface area contributed by atoms with Crippen LogP contribution in [0.5, 0.6) is 5.75 Å². The number of hydrogen-bond acceptors (Lipinski definition) is 3. The first kappa shape index (κ1) is 21.5. The van der Waals surface area contributed by atoms with Gasteiger partial charge in [-0.1, -0.05) is 89.8 Å². The number of para-hydroxylation sites is 1. The van der Waals surface area contributed by atoms with Crippen molar-refractivity contribution in [2.45, 2.75) is 97.0 Å². The fourth-order valence-electron chi connectivity index (χ4n) is 2.95. The van der Waals surface area contributed by atoms with Crippen LogP contribution in [0.15, 0.2) is 30.3 Å². The van der Waals surface area contributed by atoms with E-state index >= 15 is 0 Å². The molecule has 0 aromatic heterocycles. The summed E-state index contributed by atoms with van der Waals surface area (Å²) in [4.78, 5) is 11.8. The van der Waals surface area contributed by atoms with E-state index in [1.165, 1.54) is 57.8 Å². The molecule has 0 heterocycles. The zero-order chi connectivity index (χ0) is 18.2. The molecule has 3 nitrogen and oxygen atoms in total. The van der Waals surface area contributed by atoms with Gasteiger partial charge in [-0.3, -0.25) is 0 Å². The molecule has 142 valence electrons. The van der Waals surface area contributed by atoms with Crippen LogP contribution in [0.3, 0.4) is 0 Å². The molecule has 1 atom stereocenters. The minimum absolute atomic E-state index is 0.0368. The lowest BCUT2D eigenvalue weighted by Crippen LogP contribution is -2.20. The Kier molecular flexibility index (Phi) is 12.7. The third-order valence-corrected chi connectivity index (χ3v) is 4.54. The quantitative estimate of drug-likeness (QED) is 0.201. The maximum atomic E-state index is 11.8. The number of unbranched alkanes of at least 4 members (excludes halogenated alkanes) is 9. The fraction of sp³-hybridized carbons (Fsp3) is 0.682. The minimum atomic E-state index is -0.592. The van der Waals surface area contributed by atoms with Gasteiger partial charge >= 0.3 is 6.16 Å². The van der Waals surface area contributed by atoms with Gasteiger partial charge in [-0.05, 0) is 31.4 Å². The number of benzene rings is 1. The van der Waals surface area contributed by atoms with Crippen molar-refractivity contribution in [3.63, 3.8) is 0 Å². The van der Waals surface area contributed by atoms with Gasteiger partial charge in [0.05, 0.1) is 0 Å². The maximum absolute atomic E-state index is 11.8. The molecule has 0 fully saturated rings. The van der Waals surface area contributed by atoms with Gasteiger partial charge in [-0.2, -0.15) is 0 Å². The molecule has 0 bridgehead atoms. The normalized spacial score (nSPS) is 11.9. The predicted octanol–water partition coefficient (Wildman–Crippen LogP) is 7.29. The molecule has 0 amide bonds. The summed E-state index contributed by atoms with van der Waals surface area (Å²) in [7, 11) is 0. The molecular formula is C22H36O3. The highest BCUT2D eigenvalue weighted by Crippen LogP contribution is 2.16. The van der Waals surface area contributed by atoms with E-state index in [-0.39, 0.29) is 6.10 Å². The van der Waals surface area contributed by atoms with Gasteiger partial charge in [0.2, 0.25) is 0 Å². The predicted molar refractivity (Wildman–Crippen MR) is 104 cm³/mol. The number of ether oxygens (including phenoxy) is 2. The lowest BCUT2D eigenvalue weighted by atomic mass is 10.0. The Morgan fingerprint density at radius 3 is 1.96 bits per heavy atom. The second-order valence-electron chi connectivity index (χ2n) is 6.78. The van der Waals surface area contributed by atoms with Crippen LogP contribution >= 0.6 is 0 Å². The molecule has 1 unspecified atom stereocenters. The first-order valence-corrected chi connectivity index (χ1v) is 10.2. The summed E-state index contributed by atoms with van der Waals surface area (Å²) in [5.41, 5.74) is 0. The summed E-state index contributed by atoms with van der Waals surface area (Å²) in [5, 5.41) is 0. The Morgan fingerprint density at radius 2 is 1.40 bits per heavy atom. The minimum Gasteiger partial charge on any atom is -0.431 e. The monoisotopic (exact) mass is 348 g/mol. The summed E-state index contributed by atoms with van der Waals surface area (Å²) in [6, 6.07) is 9.07. The molecule has 0 spiro atoms. The van der Waals surface area contributed by atoms with E-state index in [1.807, 2.05) is 18.2 Å². The second-order valence-corrected chi connectivity index (χ2v) is 6.78. The smallest absolute Gasteiger partial charge is 0.431 e. The summed E-state index contributed by atoms with van der Waals surface area (Å²) in [6.45, 7) is 4.31. The van der Waals surface area contributed by atoms with Crippen molar-refractivity contribution < 1.29 is 14.3 Å². The fourth-order valence-corrected chi connectivity index (χ4v) is 2.95. The van der Waals surface area contributed by atoms with Crippen LogP contribution < -0.4 is 4.74 Å². The van der Waals surface area contributed by atoms with Gasteiger partial charge in [-0.25, -0.2) is 4.79 Å². The SMILES string of the molecule is CCCCCCCCCCCCC(CC)OC(=O)Oc1ccccc1. The van der Waals surface area contributed by atoms with E-state index in [0.717, 1.165) is 19.3 Å². The topological polar surface area (TPSA) is 35.5 Å². The van der Waals surface area contributed by atoms with Crippen molar-refractivity contribution in [3.05, 3.63) is 30.3 Å². The second kappa shape index (κ2) is 14.8. The Bertz CT molecular complexity index is 430. The van der Waals surface area contributed by atoms with Crippen LogP contribution in [-0.4, -0.2) is 12.3 Å². The van der Waals surface area contributed by atoms with Crippen LogP contribution in [0, 0.1) is 0 Å². The number of hydrogen-bond donors (Lipinski definition) is 0. The van der Waals surface area contributed by atoms with Gasteiger partial charge in [0.15, 0.2) is 0 Å². The lowest BCUT2D eigenvalue weighted by Gasteiger charge is -2.15. The highest BCUT2D eigenvalue weighted by Gasteiger charge is 2.14. The van der Waals surface area contributed by atoms with E-state index in [4.69, 9.17) is 9.47 Å². The lowest BCUT2D eigenvalue weighted by molar-refractivity contribution is 0.0517. The molecule has 0 saturated carbocycles. The van der Waals surface area contributed by atoms with Gasteiger partial charge in [0, 0.05) is 0 Å². The largest absolute Gasteiger partial charge is 0.514 e. The molecule has 3 heteroatoms. The van der Waals surface area contributed by atoms with E-state index in [9.17, 15) is 4.79 Å². The number of carbonyl (C=O) groups excluding carboxylic acids is 1. The molecule has 25 heavy (non-hydrogen) atoms. The van der Waals surface area contributed by atoms with E-state index in [0.29, 0.717) is 5.75 Å². The maximum Gasteiger partial charge on any atom is 0.514 e. The molecule has 1 rings (SSSR count). The first-order valence-electron chi connectivity index (χ1n) is 10.2. The number of carbonyl (C=O) groups is 1. The van der Waals surface area contributed by atoms with Gasteiger partial charge in [0.1, 0.15) is 11.9 Å². The average molecular weight is 349 g/mol. The van der Waals surface area contributed by atoms with Crippen molar-refractivity contribution >= 4 is 6.16 Å². The summed E-state index contributed by atoms with van der Waals surface area (Å²) < 4.78 is 10.6. The zero-order valence-electron chi connectivity index (χ0n) is 16.2. The van der Waals surface area contributed by atoms with Gasteiger partial charge < -0.3 is 9.47 Å². The molecule has 0 saturated heterocycles. The average Bonchev–Trinajstić information content (AvgIpc) is 2.63. The molecule has 0 aliphatic rings. The van der Waals surface area contributed by atoms with Crippen LogP contribution in [0.25, 0.3) is 0 Å². The molecule has 0 N–H and O–H groups in total. The zero-order valence-corrected chi connectivity index (χ0v) is 16.2. The molecule has 1 aromatic rings. The van der Waals surface area contributed by atoms with Crippen LogP contribution in [-0.2, 0) is 4.74 Å². The Balaban J connectivity index is 2.03. The molecule has 0 aliphatic carbocycles. The molecule has 0 radical (unpaired) electrons. The van der Waals surface area contributed by atoms with Gasteiger partial charge in [0.25, 0.3) is 0 Å². The highest BCUT2D eigenvalue weighted by atomic mass is 16.7. The van der Waals surface area contributed by atoms with Crippen LogP contribution in [0.1, 0.15) is 90.9 Å². The molecule has 1 aromatic carbocycles. The third kappa shape index (κ3) is 11.6. The number of rotatable bonds is 14. The van der Waals surface area contributed by atoms with Crippen molar-refractivity contribution in [1.29, 1.82) is 0 Å². The molecular weight excluding hydrogens is 312 g/mol. The Hall–Kier alpha value is -1.51. The van der Waals surface area contributed by atoms with Crippen LogP contribution in [0.2, 0.25) is 0 Å². The molecule has 0 aliphatic heterocycles. The van der Waals surface area contributed by atoms with E-state index in [1.54, 1.807) is 12.1 Å². The third-order valence-electron chi connectivity index (χ3n) is 4.54. The summed E-state index contributed by atoms with van der Waals surface area (Å²) in [6.07, 6.45) is 14.3. The summed E-state index contributed by atoms with van der Waals surface area (Å²) in [5.74, 6) is 0.529. The Labute approximate surface area is 154 Å². The van der Waals surface area contributed by atoms with E-state index < -0.39 is 6.16 Å². The first-order chi connectivity index (χ1) is 12.3. The van der Waals surface area contributed by atoms with Crippen molar-refractivity contribution in [2.24, 2.45) is 0 Å². The Morgan fingerprint density at radius 1 is 0.840 bits per heavy atom. The van der Waals surface area contributed by atoms with Gasteiger partial charge in [-0.15, -0.1) is 0 Å².